The zero-order chi connectivity index (χ0) is 39.3. The van der Waals surface area contributed by atoms with E-state index in [1.807, 2.05) is 24.5 Å². The third kappa shape index (κ3) is 8.99. The summed E-state index contributed by atoms with van der Waals surface area (Å²) >= 11 is 0.987. The van der Waals surface area contributed by atoms with Crippen LogP contribution in [0.3, 0.4) is 0 Å². The van der Waals surface area contributed by atoms with Crippen molar-refractivity contribution in [3.05, 3.63) is 46.6 Å². The summed E-state index contributed by atoms with van der Waals surface area (Å²) in [6.45, 7) is 8.04. The molecule has 4 heterocycles. The molecule has 2 amide bonds. The van der Waals surface area contributed by atoms with Gasteiger partial charge in [0.25, 0.3) is 17.4 Å². The summed E-state index contributed by atoms with van der Waals surface area (Å²) in [5, 5.41) is 25.4. The number of anilines is 1. The second-order valence-electron chi connectivity index (χ2n) is 13.5. The second-order valence-corrected chi connectivity index (χ2v) is 15.7. The van der Waals surface area contributed by atoms with Gasteiger partial charge in [0.2, 0.25) is 0 Å². The molecule has 0 saturated carbocycles. The predicted molar refractivity (Wildman–Crippen MR) is 199 cm³/mol. The number of ether oxygens (including phenoxy) is 1. The van der Waals surface area contributed by atoms with Crippen LogP contribution in [0.2, 0.25) is 0 Å². The summed E-state index contributed by atoms with van der Waals surface area (Å²) in [6.07, 6.45) is 4.17. The summed E-state index contributed by atoms with van der Waals surface area (Å²) < 4.78 is 38.8. The number of carbonyl (C=O) groups is 3. The first-order valence-corrected chi connectivity index (χ1v) is 19.3. The highest BCUT2D eigenvalue weighted by Crippen LogP contribution is 2.36. The molecule has 5 rings (SSSR count). The fourth-order valence-electron chi connectivity index (χ4n) is 5.74. The van der Waals surface area contributed by atoms with Gasteiger partial charge < -0.3 is 42.1 Å². The number of oxime groups is 1. The number of hydrogen-bond donors (Lipinski definition) is 6. The Hall–Kier alpha value is -4.67. The fraction of sp³-hybridized carbons (Fsp3) is 0.515. The molecule has 0 spiro atoms. The van der Waals surface area contributed by atoms with Crippen LogP contribution in [0.15, 0.2) is 39.9 Å². The van der Waals surface area contributed by atoms with Crippen molar-refractivity contribution in [2.24, 2.45) is 21.8 Å². The molecule has 0 bridgehead atoms. The maximum Gasteiger partial charge on any atom is 0.420 e. The number of carboxylic acid groups (broad SMARTS) is 1. The summed E-state index contributed by atoms with van der Waals surface area (Å²) in [5.41, 5.74) is 10.1. The van der Waals surface area contributed by atoms with Crippen LogP contribution >= 0.6 is 11.3 Å². The number of thiazole rings is 1. The Bertz CT molecular complexity index is 1930. The van der Waals surface area contributed by atoms with E-state index in [0.717, 1.165) is 54.7 Å². The van der Waals surface area contributed by atoms with Gasteiger partial charge in [-0.25, -0.2) is 9.78 Å². The van der Waals surface area contributed by atoms with Gasteiger partial charge in [0, 0.05) is 55.5 Å². The smallest absolute Gasteiger partial charge is 0.420 e. The van der Waals surface area contributed by atoms with Crippen molar-refractivity contribution in [2.45, 2.75) is 63.3 Å². The number of aromatic nitrogens is 1. The summed E-state index contributed by atoms with van der Waals surface area (Å²) in [6, 6.07) is 4.32. The van der Waals surface area contributed by atoms with Crippen molar-refractivity contribution in [2.75, 3.05) is 45.6 Å². The largest absolute Gasteiger partial charge is 0.485 e. The molecule has 294 valence electrons. The van der Waals surface area contributed by atoms with Crippen molar-refractivity contribution in [3.8, 4) is 5.75 Å². The maximum absolute atomic E-state index is 13.6. The van der Waals surface area contributed by atoms with Gasteiger partial charge in [-0.15, -0.1) is 15.6 Å². The monoisotopic (exact) mass is 791 g/mol. The lowest BCUT2D eigenvalue weighted by atomic mass is 9.84. The lowest BCUT2D eigenvalue weighted by Crippen LogP contribution is -2.77. The Morgan fingerprint density at radius 3 is 2.69 bits per heavy atom. The predicted octanol–water partition coefficient (Wildman–Crippen LogP) is 0.181. The molecule has 54 heavy (non-hydrogen) atoms. The number of rotatable bonds is 18. The first-order chi connectivity index (χ1) is 25.6. The molecular formula is C33H45N9O10S2. The van der Waals surface area contributed by atoms with E-state index in [-0.39, 0.29) is 17.2 Å². The van der Waals surface area contributed by atoms with E-state index in [1.54, 1.807) is 6.07 Å². The number of amides is 2. The molecule has 3 atom stereocenters. The normalized spacial score (nSPS) is 21.4. The van der Waals surface area contributed by atoms with Crippen LogP contribution in [0.4, 0.5) is 5.13 Å². The van der Waals surface area contributed by atoms with E-state index < -0.39 is 57.2 Å². The quantitative estimate of drug-likeness (QED) is 0.0509. The van der Waals surface area contributed by atoms with Crippen molar-refractivity contribution < 1.29 is 45.9 Å². The van der Waals surface area contributed by atoms with Gasteiger partial charge in [-0.1, -0.05) is 11.2 Å². The van der Waals surface area contributed by atoms with Crippen molar-refractivity contribution in [1.82, 2.24) is 26.0 Å². The fourth-order valence-corrected chi connectivity index (χ4v) is 6.80. The Kier molecular flexibility index (Phi) is 12.6. The number of aryl methyl sites for hydroxylation is 1. The molecule has 3 aliphatic heterocycles. The number of allylic oxidation sites excluding steroid dienone is 1. The molecule has 3 aliphatic rings. The topological polar surface area (TPSA) is 271 Å². The van der Waals surface area contributed by atoms with Crippen LogP contribution in [0.1, 0.15) is 50.4 Å². The van der Waals surface area contributed by atoms with E-state index >= 15 is 0 Å². The minimum Gasteiger partial charge on any atom is -0.485 e. The van der Waals surface area contributed by atoms with E-state index in [1.165, 1.54) is 26.2 Å². The van der Waals surface area contributed by atoms with Crippen LogP contribution in [-0.4, -0.2) is 116 Å². The molecule has 1 aromatic carbocycles. The Balaban J connectivity index is 1.34. The van der Waals surface area contributed by atoms with E-state index in [2.05, 4.69) is 35.3 Å². The molecule has 8 N–H and O–H groups in total. The number of nitrogens with one attached hydrogen (secondary N) is 3. The van der Waals surface area contributed by atoms with Crippen molar-refractivity contribution in [1.29, 1.82) is 0 Å². The number of aliphatic carboxylic acids is 1. The highest BCUT2D eigenvalue weighted by Gasteiger charge is 2.58. The van der Waals surface area contributed by atoms with Crippen LogP contribution in [0.5, 0.6) is 5.75 Å². The van der Waals surface area contributed by atoms with E-state index in [0.29, 0.717) is 42.8 Å². The van der Waals surface area contributed by atoms with Crippen LogP contribution < -0.4 is 32.2 Å². The number of benzene rings is 1. The molecular weight excluding hydrogens is 747 g/mol. The minimum absolute atomic E-state index is 0.0564. The molecule has 2 saturated heterocycles. The van der Waals surface area contributed by atoms with Crippen molar-refractivity contribution in [3.63, 3.8) is 0 Å². The third-order valence-electron chi connectivity index (χ3n) is 9.25. The van der Waals surface area contributed by atoms with Gasteiger partial charge in [0.05, 0.1) is 12.6 Å². The average Bonchev–Trinajstić information content (AvgIpc) is 3.56. The number of hydrogen-bond acceptors (Lipinski definition) is 17. The second kappa shape index (κ2) is 16.8. The first kappa shape index (κ1) is 40.5. The molecule has 2 fully saturated rings. The lowest BCUT2D eigenvalue weighted by molar-refractivity contribution is -0.218. The number of hydroxylamine groups is 2. The number of nitrogens with zero attached hydrogens (tertiary/aromatic N) is 4. The molecule has 2 unspecified atom stereocenters. The van der Waals surface area contributed by atoms with E-state index in [9.17, 15) is 27.9 Å². The third-order valence-corrected chi connectivity index (χ3v) is 10.7. The number of fused-ring (bicyclic) bond motifs is 1. The molecule has 21 heteroatoms. The Morgan fingerprint density at radius 2 is 2.07 bits per heavy atom. The van der Waals surface area contributed by atoms with Gasteiger partial charge >= 0.3 is 16.4 Å². The molecule has 2 aromatic rings. The van der Waals surface area contributed by atoms with Gasteiger partial charge in [-0.05, 0) is 69.8 Å². The van der Waals surface area contributed by atoms with Crippen LogP contribution in [-0.2, 0) is 44.5 Å². The Morgan fingerprint density at radius 1 is 1.31 bits per heavy atom. The molecule has 0 aliphatic carbocycles. The highest BCUT2D eigenvalue weighted by molar-refractivity contribution is 7.81. The average molecular weight is 792 g/mol. The van der Waals surface area contributed by atoms with Crippen LogP contribution in [0.25, 0.3) is 5.57 Å². The number of aliphatic imine (C=N–C) groups is 1. The summed E-state index contributed by atoms with van der Waals surface area (Å²) in [7, 11) is -3.67. The number of β-lactam (4-membered cyclic amide) rings is 1. The van der Waals surface area contributed by atoms with Gasteiger partial charge in [0.1, 0.15) is 17.5 Å². The van der Waals surface area contributed by atoms with Gasteiger partial charge in [-0.2, -0.15) is 13.5 Å². The summed E-state index contributed by atoms with van der Waals surface area (Å²) in [4.78, 5) is 53.7. The maximum atomic E-state index is 13.6. The number of nitrogen functional groups attached to an aromatic ring is 1. The number of carboxylic acids is 1. The molecule has 1 aromatic heterocycles. The standard InChI is InChI=1S/C33H45N9O10S2/c1-32(2)27(29(44)42(32)52-54(47,48)49-4)40-28(43)26(23-18-53-31(35)39-23)41-51-33(3,30(45)46)25-9-7-21-12-20(6-8-24(21)50-25)22(16-36-11-5-10-34)17-38-15-19-13-37-14-19/h6,8,12,16-19,25,27,36-37H,5,7,9-11,13-15,34H2,1-4H3,(H2,35,39)(H,40,43)(H,45,46)/b22-16+,38-17+,41-26-/t25?,27-,33?/m1/s1. The zero-order valence-corrected chi connectivity index (χ0v) is 31.9. The molecule has 0 radical (unpaired) electrons. The van der Waals surface area contributed by atoms with Crippen LogP contribution in [0, 0.1) is 5.92 Å². The number of nitrogens with two attached hydrogens (primary N) is 2. The SMILES string of the molecule is COS(=O)(=O)ON1C(=O)[C@@H](NC(=O)/C(=N\OC(C)(C(=O)O)C2CCc3cc(C(=C/NCCCN)/C=N/CC4CNC4)ccc3O2)c2csc(N)n2)C1(C)C. The minimum atomic E-state index is -4.53. The highest BCUT2D eigenvalue weighted by atomic mass is 32.3. The molecule has 19 nitrogen and oxygen atoms in total. The van der Waals surface area contributed by atoms with Gasteiger partial charge in [0.15, 0.2) is 16.9 Å². The first-order valence-electron chi connectivity index (χ1n) is 17.1. The Labute approximate surface area is 316 Å². The van der Waals surface area contributed by atoms with E-state index in [4.69, 9.17) is 25.3 Å². The summed E-state index contributed by atoms with van der Waals surface area (Å²) in [5.74, 6) is -2.32. The number of carbonyl (C=O) groups excluding carboxylic acids is 2. The van der Waals surface area contributed by atoms with Crippen molar-refractivity contribution >= 4 is 62.2 Å². The zero-order valence-electron chi connectivity index (χ0n) is 30.2. The lowest BCUT2D eigenvalue weighted by Gasteiger charge is -2.50. The van der Waals surface area contributed by atoms with Gasteiger partial charge in [-0.3, -0.25) is 18.8 Å².